The second kappa shape index (κ2) is 5.73. The van der Waals surface area contributed by atoms with Crippen LogP contribution in [0.2, 0.25) is 0 Å². The van der Waals surface area contributed by atoms with Gasteiger partial charge >= 0.3 is 5.97 Å². The summed E-state index contributed by atoms with van der Waals surface area (Å²) in [6, 6.07) is 6.90. The Hall–Kier alpha value is -1.75. The number of imidazole rings is 1. The van der Waals surface area contributed by atoms with Crippen LogP contribution in [0.5, 0.6) is 0 Å². The molecule has 0 aliphatic rings. The van der Waals surface area contributed by atoms with Gasteiger partial charge in [-0.15, -0.1) is 11.8 Å². The third-order valence-electron chi connectivity index (χ3n) is 2.61. The van der Waals surface area contributed by atoms with Crippen molar-refractivity contribution in [1.29, 1.82) is 0 Å². The van der Waals surface area contributed by atoms with Gasteiger partial charge in [0.15, 0.2) is 0 Å². The summed E-state index contributed by atoms with van der Waals surface area (Å²) in [6.07, 6.45) is 3.76. The van der Waals surface area contributed by atoms with Crippen molar-refractivity contribution in [2.24, 2.45) is 0 Å². The molecule has 0 aliphatic carbocycles. The van der Waals surface area contributed by atoms with Crippen LogP contribution < -0.4 is 0 Å². The van der Waals surface area contributed by atoms with E-state index in [1.54, 1.807) is 30.1 Å². The lowest BCUT2D eigenvalue weighted by Crippen LogP contribution is -1.99. The number of hydrogen-bond donors (Lipinski definition) is 1. The zero-order valence-electron chi connectivity index (χ0n) is 10.0. The number of nitrogens with zero attached hydrogens (tertiary/aromatic N) is 2. The van der Waals surface area contributed by atoms with Crippen LogP contribution in [0.15, 0.2) is 41.6 Å². The van der Waals surface area contributed by atoms with Crippen LogP contribution in [0.1, 0.15) is 23.1 Å². The molecule has 94 valence electrons. The molecular formula is C13H14N2O2S. The molecule has 0 unspecified atom stereocenters. The molecule has 0 saturated carbocycles. The van der Waals surface area contributed by atoms with Crippen molar-refractivity contribution in [2.75, 3.05) is 0 Å². The predicted molar refractivity (Wildman–Crippen MR) is 70.9 cm³/mol. The van der Waals surface area contributed by atoms with E-state index in [1.807, 2.05) is 18.3 Å². The van der Waals surface area contributed by atoms with Crippen molar-refractivity contribution in [2.45, 2.75) is 24.1 Å². The first-order valence-corrected chi connectivity index (χ1v) is 6.65. The fraction of sp³-hybridized carbons (Fsp3) is 0.231. The van der Waals surface area contributed by atoms with E-state index in [0.29, 0.717) is 5.56 Å². The quantitative estimate of drug-likeness (QED) is 0.842. The Morgan fingerprint density at radius 1 is 1.39 bits per heavy atom. The van der Waals surface area contributed by atoms with E-state index in [2.05, 4.69) is 16.5 Å². The molecule has 0 atom stereocenters. The topological polar surface area (TPSA) is 55.1 Å². The summed E-state index contributed by atoms with van der Waals surface area (Å²) >= 11 is 1.65. The van der Waals surface area contributed by atoms with E-state index in [-0.39, 0.29) is 0 Å². The smallest absolute Gasteiger partial charge is 0.335 e. The summed E-state index contributed by atoms with van der Waals surface area (Å²) in [5, 5.41) is 8.80. The molecule has 0 amide bonds. The Balaban J connectivity index is 2.00. The Bertz CT molecular complexity index is 534. The molecular weight excluding hydrogens is 248 g/mol. The predicted octanol–water partition coefficient (Wildman–Crippen LogP) is 2.89. The maximum absolute atomic E-state index is 10.7. The summed E-state index contributed by atoms with van der Waals surface area (Å²) < 4.78 is 2.10. The van der Waals surface area contributed by atoms with Gasteiger partial charge in [-0.25, -0.2) is 9.78 Å². The molecule has 0 saturated heterocycles. The summed E-state index contributed by atoms with van der Waals surface area (Å²) in [7, 11) is 0. The Morgan fingerprint density at radius 3 is 2.72 bits per heavy atom. The maximum Gasteiger partial charge on any atom is 0.335 e. The van der Waals surface area contributed by atoms with Crippen molar-refractivity contribution in [3.63, 3.8) is 0 Å². The molecule has 1 N–H and O–H groups in total. The third-order valence-corrected chi connectivity index (χ3v) is 3.62. The van der Waals surface area contributed by atoms with Gasteiger partial charge in [-0.05, 0) is 31.2 Å². The molecule has 1 heterocycles. The van der Waals surface area contributed by atoms with Gasteiger partial charge in [0.1, 0.15) is 5.82 Å². The number of aromatic carboxylic acids is 1. The highest BCUT2D eigenvalue weighted by Crippen LogP contribution is 2.22. The highest BCUT2D eigenvalue weighted by Gasteiger charge is 2.04. The van der Waals surface area contributed by atoms with Gasteiger partial charge in [0.25, 0.3) is 0 Å². The van der Waals surface area contributed by atoms with Crippen molar-refractivity contribution in [3.8, 4) is 0 Å². The summed E-state index contributed by atoms with van der Waals surface area (Å²) in [5.74, 6) is 0.922. The van der Waals surface area contributed by atoms with Crippen LogP contribution in [0, 0.1) is 0 Å². The first-order valence-electron chi connectivity index (χ1n) is 5.67. The number of aryl methyl sites for hydroxylation is 1. The van der Waals surface area contributed by atoms with E-state index in [1.165, 1.54) is 0 Å². The number of carboxylic acid groups (broad SMARTS) is 1. The lowest BCUT2D eigenvalue weighted by molar-refractivity contribution is 0.0697. The number of carboxylic acids is 1. The van der Waals surface area contributed by atoms with E-state index < -0.39 is 5.97 Å². The average molecular weight is 262 g/mol. The Morgan fingerprint density at radius 2 is 2.11 bits per heavy atom. The molecule has 0 aliphatic heterocycles. The number of aromatic nitrogens is 2. The summed E-state index contributed by atoms with van der Waals surface area (Å²) in [6.45, 7) is 2.99. The normalized spacial score (nSPS) is 10.5. The Labute approximate surface area is 110 Å². The zero-order valence-corrected chi connectivity index (χ0v) is 10.9. The van der Waals surface area contributed by atoms with Crippen LogP contribution in [0.4, 0.5) is 0 Å². The second-order valence-electron chi connectivity index (χ2n) is 3.75. The summed E-state index contributed by atoms with van der Waals surface area (Å²) in [4.78, 5) is 16.1. The first-order chi connectivity index (χ1) is 8.70. The molecule has 2 aromatic rings. The second-order valence-corrected chi connectivity index (χ2v) is 4.80. The number of carbonyl (C=O) groups is 1. The number of rotatable bonds is 5. The SMILES string of the molecule is CCn1ccnc1CSc1ccc(C(=O)O)cc1. The fourth-order valence-corrected chi connectivity index (χ4v) is 2.47. The zero-order chi connectivity index (χ0) is 13.0. The molecule has 4 nitrogen and oxygen atoms in total. The highest BCUT2D eigenvalue weighted by molar-refractivity contribution is 7.98. The van der Waals surface area contributed by atoms with Gasteiger partial charge in [-0.1, -0.05) is 0 Å². The van der Waals surface area contributed by atoms with E-state index in [0.717, 1.165) is 23.0 Å². The molecule has 0 spiro atoms. The van der Waals surface area contributed by atoms with E-state index in [9.17, 15) is 4.79 Å². The maximum atomic E-state index is 10.7. The molecule has 0 bridgehead atoms. The molecule has 0 radical (unpaired) electrons. The molecule has 1 aromatic heterocycles. The largest absolute Gasteiger partial charge is 0.478 e. The van der Waals surface area contributed by atoms with Crippen LogP contribution in [0.3, 0.4) is 0 Å². The first kappa shape index (κ1) is 12.7. The van der Waals surface area contributed by atoms with E-state index >= 15 is 0 Å². The highest BCUT2D eigenvalue weighted by atomic mass is 32.2. The van der Waals surface area contributed by atoms with Gasteiger partial charge in [-0.2, -0.15) is 0 Å². The standard InChI is InChI=1S/C13H14N2O2S/c1-2-15-8-7-14-12(15)9-18-11-5-3-10(4-6-11)13(16)17/h3-8H,2,9H2,1H3,(H,16,17). The van der Waals surface area contributed by atoms with Crippen LogP contribution in [-0.4, -0.2) is 20.6 Å². The molecule has 18 heavy (non-hydrogen) atoms. The van der Waals surface area contributed by atoms with Gasteiger partial charge in [0, 0.05) is 23.8 Å². The third kappa shape index (κ3) is 2.92. The number of benzene rings is 1. The van der Waals surface area contributed by atoms with Crippen molar-refractivity contribution in [3.05, 3.63) is 48.0 Å². The van der Waals surface area contributed by atoms with Gasteiger partial charge < -0.3 is 9.67 Å². The number of thioether (sulfide) groups is 1. The number of hydrogen-bond acceptors (Lipinski definition) is 3. The average Bonchev–Trinajstić information content (AvgIpc) is 2.84. The van der Waals surface area contributed by atoms with Crippen molar-refractivity contribution < 1.29 is 9.90 Å². The van der Waals surface area contributed by atoms with Crippen LogP contribution in [-0.2, 0) is 12.3 Å². The fourth-order valence-electron chi connectivity index (χ4n) is 1.61. The lowest BCUT2D eigenvalue weighted by atomic mass is 10.2. The molecule has 2 rings (SSSR count). The molecule has 5 heteroatoms. The minimum atomic E-state index is -0.895. The minimum Gasteiger partial charge on any atom is -0.478 e. The van der Waals surface area contributed by atoms with Gasteiger partial charge in [0.05, 0.1) is 11.3 Å². The van der Waals surface area contributed by atoms with E-state index in [4.69, 9.17) is 5.11 Å². The monoisotopic (exact) mass is 262 g/mol. The van der Waals surface area contributed by atoms with Crippen molar-refractivity contribution in [1.82, 2.24) is 9.55 Å². The van der Waals surface area contributed by atoms with Crippen molar-refractivity contribution >= 4 is 17.7 Å². The van der Waals surface area contributed by atoms with Gasteiger partial charge in [-0.3, -0.25) is 0 Å². The van der Waals surface area contributed by atoms with Gasteiger partial charge in [0.2, 0.25) is 0 Å². The minimum absolute atomic E-state index is 0.314. The van der Waals surface area contributed by atoms with Crippen LogP contribution in [0.25, 0.3) is 0 Å². The summed E-state index contributed by atoms with van der Waals surface area (Å²) in [5.41, 5.74) is 0.314. The lowest BCUT2D eigenvalue weighted by Gasteiger charge is -2.04. The molecule has 0 fully saturated rings. The van der Waals surface area contributed by atoms with Crippen LogP contribution >= 0.6 is 11.8 Å². The molecule has 1 aromatic carbocycles. The Kier molecular flexibility index (Phi) is 4.04.